The highest BCUT2D eigenvalue weighted by Crippen LogP contribution is 2.30. The number of aryl methyl sites for hydroxylation is 1. The third kappa shape index (κ3) is 4.93. The Labute approximate surface area is 209 Å². The second-order valence-corrected chi connectivity index (χ2v) is 9.97. The van der Waals surface area contributed by atoms with E-state index in [0.717, 1.165) is 37.3 Å². The Hall–Kier alpha value is -3.46. The van der Waals surface area contributed by atoms with Gasteiger partial charge in [0.1, 0.15) is 22.9 Å². The Kier molecular flexibility index (Phi) is 6.66. The molecule has 1 aliphatic heterocycles. The van der Waals surface area contributed by atoms with Gasteiger partial charge in [0.05, 0.1) is 11.7 Å². The number of nitrogens with zero attached hydrogens (tertiary/aromatic N) is 6. The van der Waals surface area contributed by atoms with Crippen LogP contribution < -0.4 is 5.32 Å². The topological polar surface area (TPSA) is 71.8 Å². The summed E-state index contributed by atoms with van der Waals surface area (Å²) in [6.45, 7) is 11.2. The largest absolute Gasteiger partial charge is 0.326 e. The maximum Gasteiger partial charge on any atom is 0.229 e. The molecule has 188 valence electrons. The van der Waals surface area contributed by atoms with Crippen molar-refractivity contribution < 1.29 is 8.78 Å². The SMILES string of the molecule is Cc1nc2c(F)cc(-c3nc(Nc4ccc(CN5CCC(C)CC5)cn4)ncc3F)cc2n1C(C)C. The van der Waals surface area contributed by atoms with Crippen molar-refractivity contribution >= 4 is 22.8 Å². The molecule has 4 aromatic rings. The van der Waals surface area contributed by atoms with E-state index in [2.05, 4.69) is 37.1 Å². The van der Waals surface area contributed by atoms with Crippen molar-refractivity contribution in [3.05, 3.63) is 59.7 Å². The average molecular weight is 492 g/mol. The Bertz CT molecular complexity index is 1370. The van der Waals surface area contributed by atoms with Gasteiger partial charge in [-0.1, -0.05) is 13.0 Å². The van der Waals surface area contributed by atoms with E-state index in [4.69, 9.17) is 0 Å². The summed E-state index contributed by atoms with van der Waals surface area (Å²) in [5, 5.41) is 3.04. The molecule has 1 N–H and O–H groups in total. The van der Waals surface area contributed by atoms with E-state index < -0.39 is 11.6 Å². The predicted molar refractivity (Wildman–Crippen MR) is 137 cm³/mol. The van der Waals surface area contributed by atoms with Gasteiger partial charge in [0.15, 0.2) is 11.6 Å². The van der Waals surface area contributed by atoms with Gasteiger partial charge in [-0.2, -0.15) is 0 Å². The number of hydrogen-bond donors (Lipinski definition) is 1. The van der Waals surface area contributed by atoms with Gasteiger partial charge >= 0.3 is 0 Å². The summed E-state index contributed by atoms with van der Waals surface area (Å²) in [6, 6.07) is 6.95. The van der Waals surface area contributed by atoms with Gasteiger partial charge in [0.2, 0.25) is 5.95 Å². The summed E-state index contributed by atoms with van der Waals surface area (Å²) in [6.07, 6.45) is 5.38. The van der Waals surface area contributed by atoms with Crippen molar-refractivity contribution in [3.8, 4) is 11.3 Å². The second-order valence-electron chi connectivity index (χ2n) is 9.97. The number of hydrogen-bond acceptors (Lipinski definition) is 6. The fourth-order valence-electron chi connectivity index (χ4n) is 4.87. The Morgan fingerprint density at radius 1 is 1.03 bits per heavy atom. The molecule has 36 heavy (non-hydrogen) atoms. The molecule has 0 aliphatic carbocycles. The fourth-order valence-corrected chi connectivity index (χ4v) is 4.87. The zero-order valence-electron chi connectivity index (χ0n) is 21.1. The van der Waals surface area contributed by atoms with Crippen LogP contribution in [0, 0.1) is 24.5 Å². The molecule has 3 aromatic heterocycles. The third-order valence-electron chi connectivity index (χ3n) is 6.81. The highest BCUT2D eigenvalue weighted by Gasteiger charge is 2.19. The number of aromatic nitrogens is 5. The number of benzene rings is 1. The molecule has 1 aliphatic rings. The van der Waals surface area contributed by atoms with Crippen molar-refractivity contribution in [2.45, 2.75) is 53.1 Å². The summed E-state index contributed by atoms with van der Waals surface area (Å²) >= 11 is 0. The molecular weight excluding hydrogens is 460 g/mol. The molecule has 4 heterocycles. The molecule has 0 saturated carbocycles. The molecule has 5 rings (SSSR count). The van der Waals surface area contributed by atoms with Crippen molar-refractivity contribution in [3.63, 3.8) is 0 Å². The van der Waals surface area contributed by atoms with E-state index >= 15 is 0 Å². The Morgan fingerprint density at radius 3 is 2.50 bits per heavy atom. The van der Waals surface area contributed by atoms with Crippen molar-refractivity contribution in [2.75, 3.05) is 18.4 Å². The molecule has 0 spiro atoms. The van der Waals surface area contributed by atoms with E-state index in [0.29, 0.717) is 22.7 Å². The molecule has 7 nitrogen and oxygen atoms in total. The first kappa shape index (κ1) is 24.2. The summed E-state index contributed by atoms with van der Waals surface area (Å²) < 4.78 is 31.6. The number of piperidine rings is 1. The first-order valence-electron chi connectivity index (χ1n) is 12.4. The van der Waals surface area contributed by atoms with E-state index in [-0.39, 0.29) is 23.2 Å². The van der Waals surface area contributed by atoms with Crippen LogP contribution in [0.1, 0.15) is 51.0 Å². The minimum absolute atomic E-state index is 0.0124. The third-order valence-corrected chi connectivity index (χ3v) is 6.81. The number of fused-ring (bicyclic) bond motifs is 1. The molecule has 0 amide bonds. The lowest BCUT2D eigenvalue weighted by atomic mass is 9.99. The van der Waals surface area contributed by atoms with Crippen LogP contribution in [0.15, 0.2) is 36.7 Å². The van der Waals surface area contributed by atoms with Gasteiger partial charge in [-0.25, -0.2) is 28.7 Å². The summed E-state index contributed by atoms with van der Waals surface area (Å²) in [5.74, 6) is 1.09. The van der Waals surface area contributed by atoms with Gasteiger partial charge in [0, 0.05) is 24.3 Å². The first-order chi connectivity index (χ1) is 17.3. The lowest BCUT2D eigenvalue weighted by Gasteiger charge is -2.30. The maximum absolute atomic E-state index is 14.9. The first-order valence-corrected chi connectivity index (χ1v) is 12.4. The molecule has 0 radical (unpaired) electrons. The number of nitrogens with one attached hydrogen (secondary N) is 1. The standard InChI is InChI=1S/C27H31F2N7/c1-16(2)36-18(4)32-26-21(28)11-20(12-23(26)36)25-22(29)14-31-27(34-25)33-24-6-5-19(13-30-24)15-35-9-7-17(3)8-10-35/h5-6,11-14,16-17H,7-10,15H2,1-4H3,(H,30,31,33,34). The zero-order chi connectivity index (χ0) is 25.4. The fraction of sp³-hybridized carbons (Fsp3) is 0.407. The summed E-state index contributed by atoms with van der Waals surface area (Å²) in [7, 11) is 0. The van der Waals surface area contributed by atoms with Gasteiger partial charge in [-0.3, -0.25) is 4.90 Å². The Morgan fingerprint density at radius 2 is 1.81 bits per heavy atom. The van der Waals surface area contributed by atoms with E-state index in [1.807, 2.05) is 43.7 Å². The van der Waals surface area contributed by atoms with Crippen LogP contribution in [-0.2, 0) is 6.54 Å². The van der Waals surface area contributed by atoms with Gasteiger partial charge in [-0.05, 0) is 76.4 Å². The van der Waals surface area contributed by atoms with Crippen molar-refractivity contribution in [2.24, 2.45) is 5.92 Å². The summed E-state index contributed by atoms with van der Waals surface area (Å²) in [5.41, 5.74) is 2.34. The minimum Gasteiger partial charge on any atom is -0.326 e. The summed E-state index contributed by atoms with van der Waals surface area (Å²) in [4.78, 5) is 19.7. The van der Waals surface area contributed by atoms with Crippen molar-refractivity contribution in [1.82, 2.24) is 29.4 Å². The Balaban J connectivity index is 1.38. The molecule has 9 heteroatoms. The van der Waals surface area contributed by atoms with Gasteiger partial charge in [0.25, 0.3) is 0 Å². The van der Waals surface area contributed by atoms with Crippen LogP contribution in [0.25, 0.3) is 22.3 Å². The highest BCUT2D eigenvalue weighted by molar-refractivity contribution is 5.83. The van der Waals surface area contributed by atoms with Crippen LogP contribution in [0.3, 0.4) is 0 Å². The smallest absolute Gasteiger partial charge is 0.229 e. The highest BCUT2D eigenvalue weighted by atomic mass is 19.1. The molecule has 0 unspecified atom stereocenters. The van der Waals surface area contributed by atoms with E-state index in [9.17, 15) is 8.78 Å². The monoisotopic (exact) mass is 491 g/mol. The number of imidazole rings is 1. The number of likely N-dealkylation sites (tertiary alicyclic amines) is 1. The molecule has 0 bridgehead atoms. The van der Waals surface area contributed by atoms with Crippen LogP contribution in [0.4, 0.5) is 20.5 Å². The molecular formula is C27H31F2N7. The van der Waals surface area contributed by atoms with Crippen LogP contribution in [0.2, 0.25) is 0 Å². The number of rotatable bonds is 6. The van der Waals surface area contributed by atoms with Crippen molar-refractivity contribution in [1.29, 1.82) is 0 Å². The minimum atomic E-state index is -0.634. The molecule has 1 aromatic carbocycles. The normalized spacial score (nSPS) is 15.2. The lowest BCUT2D eigenvalue weighted by molar-refractivity contribution is 0.185. The number of halogens is 2. The second kappa shape index (κ2) is 9.89. The number of pyridine rings is 1. The van der Waals surface area contributed by atoms with Crippen LogP contribution in [-0.4, -0.2) is 42.5 Å². The van der Waals surface area contributed by atoms with Crippen LogP contribution >= 0.6 is 0 Å². The number of anilines is 2. The lowest BCUT2D eigenvalue weighted by Crippen LogP contribution is -2.32. The van der Waals surface area contributed by atoms with Gasteiger partial charge < -0.3 is 9.88 Å². The van der Waals surface area contributed by atoms with Crippen LogP contribution in [0.5, 0.6) is 0 Å². The zero-order valence-corrected chi connectivity index (χ0v) is 21.1. The molecule has 1 saturated heterocycles. The maximum atomic E-state index is 14.9. The molecule has 1 fully saturated rings. The predicted octanol–water partition coefficient (Wildman–Crippen LogP) is 6.03. The van der Waals surface area contributed by atoms with E-state index in [1.165, 1.54) is 18.9 Å². The van der Waals surface area contributed by atoms with E-state index in [1.54, 1.807) is 6.07 Å². The molecule has 0 atom stereocenters. The average Bonchev–Trinajstić information content (AvgIpc) is 3.19. The van der Waals surface area contributed by atoms with Gasteiger partial charge in [-0.15, -0.1) is 0 Å². The quantitative estimate of drug-likeness (QED) is 0.355.